The van der Waals surface area contributed by atoms with Crippen molar-refractivity contribution >= 4 is 11.4 Å². The number of aryl methyl sites for hydroxylation is 1. The molecule has 0 aromatic heterocycles. The van der Waals surface area contributed by atoms with Crippen LogP contribution in [0.1, 0.15) is 28.4 Å². The number of benzene rings is 3. The molecule has 2 heteroatoms. The van der Waals surface area contributed by atoms with Gasteiger partial charge in [-0.2, -0.15) is 0 Å². The van der Waals surface area contributed by atoms with E-state index in [2.05, 4.69) is 72.9 Å². The van der Waals surface area contributed by atoms with Gasteiger partial charge in [-0.3, -0.25) is 0 Å². The van der Waals surface area contributed by atoms with Crippen LogP contribution in [0.25, 0.3) is 5.70 Å². The van der Waals surface area contributed by atoms with Gasteiger partial charge in [-0.15, -0.1) is 0 Å². The lowest BCUT2D eigenvalue weighted by atomic mass is 9.97. The van der Waals surface area contributed by atoms with Crippen LogP contribution in [0.2, 0.25) is 0 Å². The molecule has 0 aliphatic carbocycles. The highest BCUT2D eigenvalue weighted by Gasteiger charge is 2.21. The minimum absolute atomic E-state index is 0.0634. The topological polar surface area (TPSA) is 21.3 Å². The Morgan fingerprint density at radius 1 is 0.880 bits per heavy atom. The third-order valence-electron chi connectivity index (χ3n) is 4.46. The van der Waals surface area contributed by atoms with Crippen molar-refractivity contribution in [3.63, 3.8) is 0 Å². The van der Waals surface area contributed by atoms with Gasteiger partial charge < -0.3 is 10.1 Å². The van der Waals surface area contributed by atoms with Crippen LogP contribution in [0.15, 0.2) is 84.9 Å². The maximum Gasteiger partial charge on any atom is 0.105 e. The van der Waals surface area contributed by atoms with Crippen molar-refractivity contribution in [3.8, 4) is 0 Å². The normalized spacial score (nSPS) is 15.9. The molecule has 1 aliphatic heterocycles. The van der Waals surface area contributed by atoms with Crippen molar-refractivity contribution in [1.29, 1.82) is 0 Å². The molecule has 0 fully saturated rings. The lowest BCUT2D eigenvalue weighted by Gasteiger charge is -2.27. The van der Waals surface area contributed by atoms with Gasteiger partial charge in [0, 0.05) is 16.9 Å². The highest BCUT2D eigenvalue weighted by Crippen LogP contribution is 2.37. The number of fused-ring (bicyclic) bond motifs is 1. The Hall–Kier alpha value is -2.84. The summed E-state index contributed by atoms with van der Waals surface area (Å²) in [5.74, 6) is 0. The summed E-state index contributed by atoms with van der Waals surface area (Å²) in [7, 11) is 0. The Balaban J connectivity index is 1.66. The van der Waals surface area contributed by atoms with Crippen molar-refractivity contribution < 1.29 is 4.74 Å². The first-order chi connectivity index (χ1) is 12.3. The van der Waals surface area contributed by atoms with Crippen LogP contribution in [-0.4, -0.2) is 0 Å². The van der Waals surface area contributed by atoms with Crippen molar-refractivity contribution in [2.75, 3.05) is 5.32 Å². The fourth-order valence-corrected chi connectivity index (χ4v) is 3.14. The number of rotatable bonds is 4. The molecule has 1 heterocycles. The van der Waals surface area contributed by atoms with E-state index in [-0.39, 0.29) is 6.10 Å². The quantitative estimate of drug-likeness (QED) is 0.662. The van der Waals surface area contributed by atoms with Crippen LogP contribution in [0, 0.1) is 6.92 Å². The smallest absolute Gasteiger partial charge is 0.105 e. The molecule has 3 aromatic rings. The summed E-state index contributed by atoms with van der Waals surface area (Å²) in [6.07, 6.45) is 2.12. The highest BCUT2D eigenvalue weighted by atomic mass is 16.5. The number of nitrogens with one attached hydrogen (secondary N) is 1. The van der Waals surface area contributed by atoms with E-state index >= 15 is 0 Å². The molecule has 1 unspecified atom stereocenters. The molecular weight excluding hydrogens is 306 g/mol. The molecule has 1 aliphatic rings. The minimum Gasteiger partial charge on any atom is -0.365 e. The fraction of sp³-hybridized carbons (Fsp3) is 0.130. The summed E-state index contributed by atoms with van der Waals surface area (Å²) in [4.78, 5) is 0. The summed E-state index contributed by atoms with van der Waals surface area (Å²) >= 11 is 0. The van der Waals surface area contributed by atoms with E-state index < -0.39 is 0 Å². The van der Waals surface area contributed by atoms with Gasteiger partial charge >= 0.3 is 0 Å². The SMILES string of the molecule is Cc1ccc2c(c1)C(OCc1ccccc1)C=C(c1ccccc1)N2. The van der Waals surface area contributed by atoms with Gasteiger partial charge in [-0.25, -0.2) is 0 Å². The molecule has 3 aromatic carbocycles. The summed E-state index contributed by atoms with van der Waals surface area (Å²) in [6, 6.07) is 27.2. The molecule has 2 nitrogen and oxygen atoms in total. The van der Waals surface area contributed by atoms with E-state index in [4.69, 9.17) is 4.74 Å². The van der Waals surface area contributed by atoms with Crippen molar-refractivity contribution in [2.24, 2.45) is 0 Å². The Kier molecular flexibility index (Phi) is 4.36. The molecule has 1 atom stereocenters. The largest absolute Gasteiger partial charge is 0.365 e. The van der Waals surface area contributed by atoms with Gasteiger partial charge in [0.25, 0.3) is 0 Å². The molecular formula is C23H21NO. The molecule has 0 radical (unpaired) electrons. The average Bonchev–Trinajstić information content (AvgIpc) is 2.67. The number of anilines is 1. The van der Waals surface area contributed by atoms with E-state index in [1.165, 1.54) is 22.3 Å². The van der Waals surface area contributed by atoms with Crippen molar-refractivity contribution in [2.45, 2.75) is 19.6 Å². The van der Waals surface area contributed by atoms with Crippen LogP contribution in [0.4, 0.5) is 5.69 Å². The lowest BCUT2D eigenvalue weighted by molar-refractivity contribution is 0.0719. The third kappa shape index (κ3) is 3.49. The summed E-state index contributed by atoms with van der Waals surface area (Å²) < 4.78 is 6.29. The highest BCUT2D eigenvalue weighted by molar-refractivity contribution is 5.81. The fourth-order valence-electron chi connectivity index (χ4n) is 3.14. The average molecular weight is 327 g/mol. The van der Waals surface area contributed by atoms with Crippen LogP contribution >= 0.6 is 0 Å². The van der Waals surface area contributed by atoms with Crippen LogP contribution in [0.5, 0.6) is 0 Å². The third-order valence-corrected chi connectivity index (χ3v) is 4.46. The second kappa shape index (κ2) is 6.96. The molecule has 0 bridgehead atoms. The maximum absolute atomic E-state index is 6.29. The zero-order valence-electron chi connectivity index (χ0n) is 14.3. The summed E-state index contributed by atoms with van der Waals surface area (Å²) in [5.41, 5.74) is 6.99. The van der Waals surface area contributed by atoms with Gasteiger partial charge in [-0.1, -0.05) is 78.4 Å². The molecule has 0 saturated carbocycles. The van der Waals surface area contributed by atoms with Crippen LogP contribution < -0.4 is 5.32 Å². The van der Waals surface area contributed by atoms with E-state index in [1.54, 1.807) is 0 Å². The van der Waals surface area contributed by atoms with Crippen LogP contribution in [-0.2, 0) is 11.3 Å². The first-order valence-corrected chi connectivity index (χ1v) is 8.60. The predicted molar refractivity (Wildman–Crippen MR) is 103 cm³/mol. The van der Waals surface area contributed by atoms with Gasteiger partial charge in [0.15, 0.2) is 0 Å². The molecule has 25 heavy (non-hydrogen) atoms. The van der Waals surface area contributed by atoms with Gasteiger partial charge in [-0.05, 0) is 30.2 Å². The van der Waals surface area contributed by atoms with Gasteiger partial charge in [0.2, 0.25) is 0 Å². The Labute approximate surface area is 148 Å². The zero-order chi connectivity index (χ0) is 17.1. The molecule has 124 valence electrons. The standard InChI is InChI=1S/C23H21NO/c1-17-12-13-21-20(14-17)23(25-16-18-8-4-2-5-9-18)15-22(24-21)19-10-6-3-7-11-19/h2-15,23-24H,16H2,1H3. The Bertz CT molecular complexity index is 884. The molecule has 4 rings (SSSR count). The monoisotopic (exact) mass is 327 g/mol. The van der Waals surface area contributed by atoms with Crippen LogP contribution in [0.3, 0.4) is 0 Å². The molecule has 0 saturated heterocycles. The molecule has 0 spiro atoms. The second-order valence-corrected chi connectivity index (χ2v) is 6.38. The number of ether oxygens (including phenoxy) is 1. The first-order valence-electron chi connectivity index (χ1n) is 8.60. The molecule has 1 N–H and O–H groups in total. The summed E-state index contributed by atoms with van der Waals surface area (Å²) in [6.45, 7) is 2.71. The van der Waals surface area contributed by atoms with E-state index in [0.29, 0.717) is 6.61 Å². The minimum atomic E-state index is -0.0634. The number of hydrogen-bond donors (Lipinski definition) is 1. The summed E-state index contributed by atoms with van der Waals surface area (Å²) in [5, 5.41) is 3.55. The maximum atomic E-state index is 6.29. The van der Waals surface area contributed by atoms with Gasteiger partial charge in [0.05, 0.1) is 6.61 Å². The zero-order valence-corrected chi connectivity index (χ0v) is 14.3. The first kappa shape index (κ1) is 15.7. The van der Waals surface area contributed by atoms with Crippen molar-refractivity contribution in [3.05, 3.63) is 107 Å². The lowest BCUT2D eigenvalue weighted by Crippen LogP contribution is -2.14. The van der Waals surface area contributed by atoms with Crippen molar-refractivity contribution in [1.82, 2.24) is 0 Å². The molecule has 0 amide bonds. The Morgan fingerprint density at radius 3 is 2.36 bits per heavy atom. The van der Waals surface area contributed by atoms with E-state index in [0.717, 1.165) is 11.4 Å². The predicted octanol–water partition coefficient (Wildman–Crippen LogP) is 5.72. The number of hydrogen-bond acceptors (Lipinski definition) is 2. The van der Waals surface area contributed by atoms with E-state index in [1.807, 2.05) is 24.3 Å². The Morgan fingerprint density at radius 2 is 1.60 bits per heavy atom. The second-order valence-electron chi connectivity index (χ2n) is 6.38. The van der Waals surface area contributed by atoms with Gasteiger partial charge in [0.1, 0.15) is 6.10 Å². The van der Waals surface area contributed by atoms with E-state index in [9.17, 15) is 0 Å².